The van der Waals surface area contributed by atoms with Crippen molar-refractivity contribution in [3.05, 3.63) is 115 Å². The molecule has 160 valence electrons. The Morgan fingerprint density at radius 1 is 1.06 bits per heavy atom. The van der Waals surface area contributed by atoms with Crippen molar-refractivity contribution in [2.75, 3.05) is 0 Å². The van der Waals surface area contributed by atoms with Crippen molar-refractivity contribution in [2.45, 2.75) is 6.04 Å². The average molecular weight is 450 g/mol. The van der Waals surface area contributed by atoms with Gasteiger partial charge < -0.3 is 15.0 Å². The van der Waals surface area contributed by atoms with E-state index >= 15 is 0 Å². The molecule has 9 heteroatoms. The van der Waals surface area contributed by atoms with Gasteiger partial charge in [-0.25, -0.2) is 4.79 Å². The van der Waals surface area contributed by atoms with Gasteiger partial charge in [0.2, 0.25) is 0 Å². The Labute approximate surface area is 186 Å². The van der Waals surface area contributed by atoms with Crippen molar-refractivity contribution in [1.29, 1.82) is 0 Å². The van der Waals surface area contributed by atoms with E-state index in [1.807, 2.05) is 6.07 Å². The van der Waals surface area contributed by atoms with Gasteiger partial charge in [-0.3, -0.25) is 14.9 Å². The van der Waals surface area contributed by atoms with E-state index in [2.05, 4.69) is 10.3 Å². The number of non-ortho nitro benzene ring substituents is 1. The predicted molar refractivity (Wildman–Crippen MR) is 120 cm³/mol. The number of nitro groups is 1. The normalized spacial score (nSPS) is 11.7. The summed E-state index contributed by atoms with van der Waals surface area (Å²) in [5, 5.41) is 14.4. The fourth-order valence-electron chi connectivity index (χ4n) is 3.30. The lowest BCUT2D eigenvalue weighted by atomic mass is 9.98. The summed E-state index contributed by atoms with van der Waals surface area (Å²) in [6.45, 7) is 0. The number of benzene rings is 3. The smallest absolute Gasteiger partial charge is 0.410 e. The van der Waals surface area contributed by atoms with Crippen LogP contribution < -0.4 is 15.5 Å². The fourth-order valence-corrected chi connectivity index (χ4v) is 3.47. The maximum absolute atomic E-state index is 13.2. The summed E-state index contributed by atoms with van der Waals surface area (Å²) in [5.74, 6) is 0.127. The number of nitro benzene ring substituents is 1. The van der Waals surface area contributed by atoms with Crippen molar-refractivity contribution >= 4 is 34.3 Å². The number of nitrogens with one attached hydrogen (secondary N) is 2. The molecule has 0 aliphatic rings. The van der Waals surface area contributed by atoms with Gasteiger partial charge in [0, 0.05) is 34.3 Å². The van der Waals surface area contributed by atoms with Crippen molar-refractivity contribution < 1.29 is 14.5 Å². The first-order valence-electron chi connectivity index (χ1n) is 9.51. The van der Waals surface area contributed by atoms with Gasteiger partial charge in [-0.15, -0.1) is 0 Å². The molecule has 1 aromatic heterocycles. The zero-order chi connectivity index (χ0) is 22.7. The van der Waals surface area contributed by atoms with Crippen molar-refractivity contribution in [2.24, 2.45) is 0 Å². The lowest BCUT2D eigenvalue weighted by molar-refractivity contribution is -0.384. The molecule has 0 bridgehead atoms. The number of carbonyl (C=O) groups excluding carboxylic acids is 1. The molecule has 0 aliphatic heterocycles. The number of nitrogens with zero attached hydrogens (tertiary/aromatic N) is 1. The van der Waals surface area contributed by atoms with E-state index in [0.29, 0.717) is 27.1 Å². The second-order valence-electron chi connectivity index (χ2n) is 6.89. The van der Waals surface area contributed by atoms with Gasteiger partial charge in [0.1, 0.15) is 5.75 Å². The van der Waals surface area contributed by atoms with E-state index in [0.717, 1.165) is 0 Å². The van der Waals surface area contributed by atoms with Gasteiger partial charge in [-0.05, 0) is 35.9 Å². The molecule has 4 aromatic rings. The molecule has 0 spiro atoms. The third kappa shape index (κ3) is 4.45. The first-order chi connectivity index (χ1) is 15.4. The van der Waals surface area contributed by atoms with Crippen LogP contribution in [0.5, 0.6) is 5.75 Å². The van der Waals surface area contributed by atoms with Crippen LogP contribution in [0, 0.1) is 10.1 Å². The maximum atomic E-state index is 13.2. The molecule has 1 heterocycles. The minimum atomic E-state index is -0.816. The first kappa shape index (κ1) is 21.1. The van der Waals surface area contributed by atoms with E-state index in [9.17, 15) is 19.7 Å². The molecule has 0 saturated carbocycles. The van der Waals surface area contributed by atoms with Gasteiger partial charge in [0.25, 0.3) is 5.69 Å². The number of amides is 1. The Morgan fingerprint density at radius 2 is 1.78 bits per heavy atom. The molecule has 1 unspecified atom stereocenters. The molecule has 3 aromatic carbocycles. The van der Waals surface area contributed by atoms with Crippen LogP contribution in [0.1, 0.15) is 17.2 Å². The molecular formula is C23H16ClN3O5. The van der Waals surface area contributed by atoms with Crippen molar-refractivity contribution in [3.63, 3.8) is 0 Å². The number of fused-ring (bicyclic) bond motifs is 1. The highest BCUT2D eigenvalue weighted by atomic mass is 35.5. The van der Waals surface area contributed by atoms with Crippen LogP contribution in [0.15, 0.2) is 83.8 Å². The molecule has 4 rings (SSSR count). The number of pyridine rings is 1. The second kappa shape index (κ2) is 8.91. The lowest BCUT2D eigenvalue weighted by Crippen LogP contribution is -2.34. The van der Waals surface area contributed by atoms with Crippen LogP contribution >= 0.6 is 11.6 Å². The maximum Gasteiger partial charge on any atom is 0.413 e. The molecule has 8 nitrogen and oxygen atoms in total. The monoisotopic (exact) mass is 449 g/mol. The Morgan fingerprint density at radius 3 is 2.47 bits per heavy atom. The average Bonchev–Trinajstić information content (AvgIpc) is 2.79. The number of ether oxygens (including phenoxy) is 1. The third-order valence-electron chi connectivity index (χ3n) is 4.84. The Hall–Kier alpha value is -4.17. The van der Waals surface area contributed by atoms with Crippen LogP contribution in [0.3, 0.4) is 0 Å². The summed E-state index contributed by atoms with van der Waals surface area (Å²) >= 11 is 6.01. The van der Waals surface area contributed by atoms with Gasteiger partial charge in [-0.2, -0.15) is 0 Å². The minimum absolute atomic E-state index is 0.122. The molecule has 0 radical (unpaired) electrons. The van der Waals surface area contributed by atoms with Gasteiger partial charge in [0.15, 0.2) is 5.43 Å². The summed E-state index contributed by atoms with van der Waals surface area (Å²) in [4.78, 5) is 39.1. The Balaban J connectivity index is 1.66. The highest BCUT2D eigenvalue weighted by Gasteiger charge is 2.22. The number of hydrogen-bond acceptors (Lipinski definition) is 5. The highest BCUT2D eigenvalue weighted by molar-refractivity contribution is 6.31. The Kier molecular flexibility index (Phi) is 5.87. The van der Waals surface area contributed by atoms with Crippen LogP contribution in [-0.2, 0) is 0 Å². The molecule has 0 aliphatic carbocycles. The minimum Gasteiger partial charge on any atom is -0.410 e. The summed E-state index contributed by atoms with van der Waals surface area (Å²) in [5.41, 5.74) is 1.17. The van der Waals surface area contributed by atoms with Gasteiger partial charge in [0.05, 0.1) is 16.5 Å². The van der Waals surface area contributed by atoms with Crippen molar-refractivity contribution in [3.8, 4) is 5.75 Å². The van der Waals surface area contributed by atoms with Crippen LogP contribution in [-0.4, -0.2) is 16.0 Å². The lowest BCUT2D eigenvalue weighted by Gasteiger charge is -2.19. The van der Waals surface area contributed by atoms with E-state index in [4.69, 9.17) is 16.3 Å². The fraction of sp³-hybridized carbons (Fsp3) is 0.0435. The molecule has 0 fully saturated rings. The van der Waals surface area contributed by atoms with Crippen LogP contribution in [0.4, 0.5) is 10.5 Å². The second-order valence-corrected chi connectivity index (χ2v) is 7.33. The van der Waals surface area contributed by atoms with E-state index in [1.54, 1.807) is 42.5 Å². The zero-order valence-corrected chi connectivity index (χ0v) is 17.2. The topological polar surface area (TPSA) is 114 Å². The zero-order valence-electron chi connectivity index (χ0n) is 16.4. The molecule has 0 saturated heterocycles. The van der Waals surface area contributed by atoms with Gasteiger partial charge >= 0.3 is 6.09 Å². The molecule has 32 heavy (non-hydrogen) atoms. The number of aromatic amines is 1. The third-order valence-corrected chi connectivity index (χ3v) is 5.07. The number of carbonyl (C=O) groups is 1. The van der Waals surface area contributed by atoms with E-state index < -0.39 is 17.1 Å². The number of hydrogen-bond donors (Lipinski definition) is 2. The summed E-state index contributed by atoms with van der Waals surface area (Å²) < 4.78 is 5.26. The molecule has 1 atom stereocenters. The Bertz CT molecular complexity index is 1350. The summed E-state index contributed by atoms with van der Waals surface area (Å²) in [6, 6.07) is 18.2. The van der Waals surface area contributed by atoms with Gasteiger partial charge in [-0.1, -0.05) is 41.9 Å². The van der Waals surface area contributed by atoms with E-state index in [-0.39, 0.29) is 16.9 Å². The predicted octanol–water partition coefficient (Wildman–Crippen LogP) is 4.97. The SMILES string of the molecule is O=C(NC(c1ccccc1)c1c[nH]c2cc(Cl)ccc2c1=O)Oc1ccc([N+](=O)[O-])cc1. The van der Waals surface area contributed by atoms with E-state index in [1.165, 1.54) is 30.5 Å². The summed E-state index contributed by atoms with van der Waals surface area (Å²) in [7, 11) is 0. The molecular weight excluding hydrogens is 434 g/mol. The number of rotatable bonds is 5. The first-order valence-corrected chi connectivity index (χ1v) is 9.89. The number of halogens is 1. The standard InChI is InChI=1S/C23H16ClN3O5/c24-15-6-11-18-20(12-15)25-13-19(22(18)28)21(14-4-2-1-3-5-14)26-23(29)32-17-9-7-16(8-10-17)27(30)31/h1-13,21H,(H,25,28)(H,26,29). The molecule has 1 amide bonds. The largest absolute Gasteiger partial charge is 0.413 e. The number of aromatic nitrogens is 1. The van der Waals surface area contributed by atoms with Crippen LogP contribution in [0.25, 0.3) is 10.9 Å². The molecule has 2 N–H and O–H groups in total. The quantitative estimate of drug-likeness (QED) is 0.330. The number of H-pyrrole nitrogens is 1. The highest BCUT2D eigenvalue weighted by Crippen LogP contribution is 2.23. The van der Waals surface area contributed by atoms with Crippen molar-refractivity contribution in [1.82, 2.24) is 10.3 Å². The van der Waals surface area contributed by atoms with Crippen LogP contribution in [0.2, 0.25) is 5.02 Å². The summed E-state index contributed by atoms with van der Waals surface area (Å²) in [6.07, 6.45) is 0.716.